The number of halogens is 1. The molecule has 0 aliphatic heterocycles. The Kier molecular flexibility index (Phi) is 6.16. The van der Waals surface area contributed by atoms with Gasteiger partial charge in [-0.2, -0.15) is 8.42 Å². The molecule has 1 N–H and O–H groups in total. The van der Waals surface area contributed by atoms with Gasteiger partial charge < -0.3 is 4.74 Å². The van der Waals surface area contributed by atoms with Crippen LogP contribution in [-0.2, 0) is 23.0 Å². The zero-order chi connectivity index (χ0) is 17.6. The summed E-state index contributed by atoms with van der Waals surface area (Å²) >= 11 is 0. The summed E-state index contributed by atoms with van der Waals surface area (Å²) in [4.78, 5) is 11.7. The molecule has 1 aromatic heterocycles. The maximum Gasteiger partial charge on any atom is 0.330 e. The van der Waals surface area contributed by atoms with Gasteiger partial charge >= 0.3 is 10.1 Å². The molecule has 24 heavy (non-hydrogen) atoms. The summed E-state index contributed by atoms with van der Waals surface area (Å²) in [5, 5.41) is -0.652. The third-order valence-electron chi connectivity index (χ3n) is 3.10. The standard InChI is InChI=1S/C15H18FN3O4S/c1-2-3-4-13-17-14(19-15(18-13)24(20,21)22)9-10-23-12-7-5-11(16)6-8-12/h5-8H,2-4,9-10H2,1H3,(H,20,21,22). The van der Waals surface area contributed by atoms with Crippen LogP contribution in [-0.4, -0.2) is 34.5 Å². The molecule has 1 aromatic carbocycles. The van der Waals surface area contributed by atoms with Gasteiger partial charge in [-0.1, -0.05) is 13.3 Å². The highest BCUT2D eigenvalue weighted by Crippen LogP contribution is 2.12. The quantitative estimate of drug-likeness (QED) is 0.724. The fraction of sp³-hybridized carbons (Fsp3) is 0.400. The normalized spacial score (nSPS) is 11.5. The second kappa shape index (κ2) is 8.11. The summed E-state index contributed by atoms with van der Waals surface area (Å²) in [6.07, 6.45) is 2.41. The minimum atomic E-state index is -4.50. The number of unbranched alkanes of at least 4 members (excludes halogenated alkanes) is 1. The average molecular weight is 355 g/mol. The van der Waals surface area contributed by atoms with Crippen molar-refractivity contribution in [3.8, 4) is 5.75 Å². The van der Waals surface area contributed by atoms with Crippen LogP contribution >= 0.6 is 0 Å². The molecule has 0 atom stereocenters. The van der Waals surface area contributed by atoms with Crippen molar-refractivity contribution in [1.29, 1.82) is 0 Å². The minimum Gasteiger partial charge on any atom is -0.493 e. The third-order valence-corrected chi connectivity index (χ3v) is 3.74. The first kappa shape index (κ1) is 18.2. The molecular formula is C15H18FN3O4S. The molecule has 9 heteroatoms. The van der Waals surface area contributed by atoms with Gasteiger partial charge in [0.15, 0.2) is 0 Å². The maximum absolute atomic E-state index is 12.8. The first-order chi connectivity index (χ1) is 11.4. The highest BCUT2D eigenvalue weighted by molar-refractivity contribution is 7.85. The first-order valence-corrected chi connectivity index (χ1v) is 8.92. The SMILES string of the molecule is CCCCc1nc(CCOc2ccc(F)cc2)nc(S(=O)(=O)O)n1. The largest absolute Gasteiger partial charge is 0.493 e. The highest BCUT2D eigenvalue weighted by Gasteiger charge is 2.17. The molecule has 0 spiro atoms. The summed E-state index contributed by atoms with van der Waals surface area (Å²) in [6.45, 7) is 2.16. The molecule has 130 valence electrons. The van der Waals surface area contributed by atoms with Crippen LogP contribution in [0.15, 0.2) is 29.4 Å². The average Bonchev–Trinajstić information content (AvgIpc) is 2.54. The first-order valence-electron chi connectivity index (χ1n) is 7.48. The molecule has 0 aliphatic rings. The zero-order valence-electron chi connectivity index (χ0n) is 13.1. The predicted octanol–water partition coefficient (Wildman–Crippen LogP) is 2.22. The fourth-order valence-electron chi connectivity index (χ4n) is 1.91. The van der Waals surface area contributed by atoms with E-state index in [0.29, 0.717) is 18.0 Å². The van der Waals surface area contributed by atoms with Crippen LogP contribution in [0, 0.1) is 5.82 Å². The van der Waals surface area contributed by atoms with E-state index in [1.807, 2.05) is 6.92 Å². The molecule has 0 saturated heterocycles. The van der Waals surface area contributed by atoms with Gasteiger partial charge in [-0.15, -0.1) is 0 Å². The number of nitrogens with zero attached hydrogens (tertiary/aromatic N) is 3. The van der Waals surface area contributed by atoms with E-state index in [2.05, 4.69) is 15.0 Å². The summed E-state index contributed by atoms with van der Waals surface area (Å²) in [5.74, 6) is 0.645. The van der Waals surface area contributed by atoms with Crippen LogP contribution in [0.5, 0.6) is 5.75 Å². The lowest BCUT2D eigenvalue weighted by Gasteiger charge is -2.07. The van der Waals surface area contributed by atoms with E-state index in [-0.39, 0.29) is 24.7 Å². The summed E-state index contributed by atoms with van der Waals surface area (Å²) in [6, 6.07) is 5.52. The van der Waals surface area contributed by atoms with Crippen molar-refractivity contribution < 1.29 is 22.1 Å². The van der Waals surface area contributed by atoms with Gasteiger partial charge in [0.05, 0.1) is 6.61 Å². The molecule has 0 bridgehead atoms. The van der Waals surface area contributed by atoms with Crippen molar-refractivity contribution in [3.05, 3.63) is 41.7 Å². The number of rotatable bonds is 8. The predicted molar refractivity (Wildman–Crippen MR) is 83.9 cm³/mol. The van der Waals surface area contributed by atoms with Gasteiger partial charge in [0.25, 0.3) is 5.16 Å². The Bertz CT molecular complexity index is 782. The Balaban J connectivity index is 2.08. The molecule has 0 aliphatic carbocycles. The van der Waals surface area contributed by atoms with Crippen LogP contribution in [0.25, 0.3) is 0 Å². The number of hydrogen-bond donors (Lipinski definition) is 1. The number of aromatic nitrogens is 3. The van der Waals surface area contributed by atoms with Crippen molar-refractivity contribution in [1.82, 2.24) is 15.0 Å². The van der Waals surface area contributed by atoms with Crippen LogP contribution in [0.3, 0.4) is 0 Å². The van der Waals surface area contributed by atoms with Gasteiger partial charge in [-0.3, -0.25) is 4.55 Å². The lowest BCUT2D eigenvalue weighted by atomic mass is 10.2. The van der Waals surface area contributed by atoms with E-state index in [9.17, 15) is 12.8 Å². The second-order valence-electron chi connectivity index (χ2n) is 5.08. The highest BCUT2D eigenvalue weighted by atomic mass is 32.2. The summed E-state index contributed by atoms with van der Waals surface area (Å²) in [7, 11) is -4.50. The minimum absolute atomic E-state index is 0.174. The molecular weight excluding hydrogens is 337 g/mol. The van der Waals surface area contributed by atoms with E-state index < -0.39 is 15.3 Å². The Hall–Kier alpha value is -2.13. The number of aryl methyl sites for hydroxylation is 1. The van der Waals surface area contributed by atoms with Crippen LogP contribution in [0.1, 0.15) is 31.4 Å². The topological polar surface area (TPSA) is 102 Å². The molecule has 2 aromatic rings. The lowest BCUT2D eigenvalue weighted by molar-refractivity contribution is 0.317. The second-order valence-corrected chi connectivity index (χ2v) is 6.40. The van der Waals surface area contributed by atoms with Gasteiger partial charge in [0.1, 0.15) is 23.2 Å². The van der Waals surface area contributed by atoms with E-state index in [1.165, 1.54) is 24.3 Å². The van der Waals surface area contributed by atoms with Crippen molar-refractivity contribution >= 4 is 10.1 Å². The number of hydrogen-bond acceptors (Lipinski definition) is 6. The Morgan fingerprint density at radius 1 is 1.08 bits per heavy atom. The van der Waals surface area contributed by atoms with Crippen molar-refractivity contribution in [2.24, 2.45) is 0 Å². The molecule has 0 radical (unpaired) electrons. The van der Waals surface area contributed by atoms with E-state index in [1.54, 1.807) is 0 Å². The number of ether oxygens (including phenoxy) is 1. The van der Waals surface area contributed by atoms with Crippen molar-refractivity contribution in [2.45, 2.75) is 37.8 Å². The smallest absolute Gasteiger partial charge is 0.330 e. The monoisotopic (exact) mass is 355 g/mol. The van der Waals surface area contributed by atoms with Gasteiger partial charge in [0.2, 0.25) is 0 Å². The van der Waals surface area contributed by atoms with Crippen molar-refractivity contribution in [2.75, 3.05) is 6.61 Å². The summed E-state index contributed by atoms with van der Waals surface area (Å²) < 4.78 is 49.9. The third kappa shape index (κ3) is 5.50. The lowest BCUT2D eigenvalue weighted by Crippen LogP contribution is -2.14. The van der Waals surface area contributed by atoms with E-state index >= 15 is 0 Å². The molecule has 1 heterocycles. The van der Waals surface area contributed by atoms with Crippen molar-refractivity contribution in [3.63, 3.8) is 0 Å². The molecule has 0 fully saturated rings. The molecule has 0 amide bonds. The van der Waals surface area contributed by atoms with Gasteiger partial charge in [-0.05, 0) is 30.7 Å². The van der Waals surface area contributed by atoms with Gasteiger partial charge in [-0.25, -0.2) is 19.3 Å². The van der Waals surface area contributed by atoms with Crippen LogP contribution in [0.2, 0.25) is 0 Å². The Morgan fingerprint density at radius 2 is 1.71 bits per heavy atom. The zero-order valence-corrected chi connectivity index (χ0v) is 14.0. The molecule has 0 unspecified atom stereocenters. The molecule has 0 saturated carbocycles. The van der Waals surface area contributed by atoms with Crippen LogP contribution in [0.4, 0.5) is 4.39 Å². The number of benzene rings is 1. The van der Waals surface area contributed by atoms with Gasteiger partial charge in [0, 0.05) is 12.8 Å². The Labute approximate surface area is 139 Å². The Morgan fingerprint density at radius 3 is 2.29 bits per heavy atom. The van der Waals surface area contributed by atoms with E-state index in [0.717, 1.165) is 12.8 Å². The molecule has 7 nitrogen and oxygen atoms in total. The van der Waals surface area contributed by atoms with E-state index in [4.69, 9.17) is 9.29 Å². The maximum atomic E-state index is 12.8. The fourth-order valence-corrected chi connectivity index (χ4v) is 2.35. The summed E-state index contributed by atoms with van der Waals surface area (Å²) in [5.41, 5.74) is 0. The molecule has 2 rings (SSSR count). The van der Waals surface area contributed by atoms with Crippen LogP contribution < -0.4 is 4.74 Å².